The lowest BCUT2D eigenvalue weighted by Gasteiger charge is -2.13. The molecule has 114 valence electrons. The molecule has 21 heavy (non-hydrogen) atoms. The fourth-order valence-corrected chi connectivity index (χ4v) is 2.90. The maximum absolute atomic E-state index is 5.37. The smallest absolute Gasteiger partial charge is 0.142 e. The van der Waals surface area contributed by atoms with Crippen molar-refractivity contribution in [1.29, 1.82) is 0 Å². The number of benzene rings is 1. The summed E-state index contributed by atoms with van der Waals surface area (Å²) in [6.45, 7) is 2.74. The van der Waals surface area contributed by atoms with Crippen LogP contribution in [0.5, 0.6) is 11.5 Å². The maximum Gasteiger partial charge on any atom is 0.142 e. The zero-order chi connectivity index (χ0) is 15.4. The summed E-state index contributed by atoms with van der Waals surface area (Å²) >= 11 is 3.62. The first-order valence-electron chi connectivity index (χ1n) is 6.76. The predicted molar refractivity (Wildman–Crippen MR) is 87.2 cm³/mol. The Morgan fingerprint density at radius 1 is 1.29 bits per heavy atom. The van der Waals surface area contributed by atoms with Gasteiger partial charge in [0.25, 0.3) is 0 Å². The molecule has 2 aromatic rings. The molecule has 0 spiro atoms. The zero-order valence-corrected chi connectivity index (χ0v) is 14.3. The molecule has 0 saturated carbocycles. The van der Waals surface area contributed by atoms with Crippen molar-refractivity contribution in [3.63, 3.8) is 0 Å². The number of anilines is 1. The summed E-state index contributed by atoms with van der Waals surface area (Å²) in [4.78, 5) is 0. The van der Waals surface area contributed by atoms with Crippen molar-refractivity contribution in [3.05, 3.63) is 34.1 Å². The predicted octanol–water partition coefficient (Wildman–Crippen LogP) is 3.37. The molecule has 5 nitrogen and oxygen atoms in total. The van der Waals surface area contributed by atoms with E-state index in [1.807, 2.05) is 29.9 Å². The van der Waals surface area contributed by atoms with Crippen LogP contribution in [-0.2, 0) is 20.0 Å². The number of rotatable bonds is 6. The Bertz CT molecular complexity index is 626. The summed E-state index contributed by atoms with van der Waals surface area (Å²) in [5.74, 6) is 1.57. The Morgan fingerprint density at radius 3 is 2.62 bits per heavy atom. The second-order valence-corrected chi connectivity index (χ2v) is 5.40. The van der Waals surface area contributed by atoms with Crippen LogP contribution in [0.1, 0.15) is 18.3 Å². The minimum absolute atomic E-state index is 0.646. The lowest BCUT2D eigenvalue weighted by Crippen LogP contribution is -2.07. The molecule has 2 rings (SSSR count). The van der Waals surface area contributed by atoms with Gasteiger partial charge in [0.05, 0.1) is 42.3 Å². The molecule has 0 bridgehead atoms. The van der Waals surface area contributed by atoms with Gasteiger partial charge in [0.1, 0.15) is 11.5 Å². The third-order valence-electron chi connectivity index (χ3n) is 3.36. The van der Waals surface area contributed by atoms with Crippen molar-refractivity contribution in [2.75, 3.05) is 19.5 Å². The van der Waals surface area contributed by atoms with Crippen molar-refractivity contribution in [2.24, 2.45) is 7.05 Å². The van der Waals surface area contributed by atoms with E-state index in [9.17, 15) is 0 Å². The van der Waals surface area contributed by atoms with E-state index in [-0.39, 0.29) is 0 Å². The second-order valence-electron chi connectivity index (χ2n) is 4.60. The van der Waals surface area contributed by atoms with Crippen molar-refractivity contribution >= 4 is 21.6 Å². The van der Waals surface area contributed by atoms with Gasteiger partial charge in [-0.1, -0.05) is 6.92 Å². The van der Waals surface area contributed by atoms with Gasteiger partial charge in [-0.15, -0.1) is 0 Å². The van der Waals surface area contributed by atoms with Gasteiger partial charge in [-0.05, 0) is 34.5 Å². The highest BCUT2D eigenvalue weighted by Crippen LogP contribution is 2.30. The van der Waals surface area contributed by atoms with Crippen LogP contribution in [0.4, 0.5) is 5.69 Å². The number of ether oxygens (including phenoxy) is 2. The SMILES string of the molecule is CCc1nn(C)c(CNc2cc(OC)ccc2OC)c1Br. The molecule has 0 fully saturated rings. The molecule has 1 N–H and O–H groups in total. The molecule has 1 aromatic heterocycles. The fourth-order valence-electron chi connectivity index (χ4n) is 2.14. The van der Waals surface area contributed by atoms with Crippen molar-refractivity contribution in [2.45, 2.75) is 19.9 Å². The number of nitrogens with one attached hydrogen (secondary N) is 1. The molecule has 0 atom stereocenters. The highest BCUT2D eigenvalue weighted by molar-refractivity contribution is 9.10. The van der Waals surface area contributed by atoms with Gasteiger partial charge in [0, 0.05) is 13.1 Å². The Hall–Kier alpha value is -1.69. The summed E-state index contributed by atoms with van der Waals surface area (Å²) in [5, 5.41) is 7.87. The molecule has 6 heteroatoms. The van der Waals surface area contributed by atoms with Crippen LogP contribution in [0.25, 0.3) is 0 Å². The topological polar surface area (TPSA) is 48.3 Å². The van der Waals surface area contributed by atoms with E-state index in [0.717, 1.165) is 39.5 Å². The lowest BCUT2D eigenvalue weighted by molar-refractivity contribution is 0.404. The molecule has 0 amide bonds. The van der Waals surface area contributed by atoms with E-state index < -0.39 is 0 Å². The Morgan fingerprint density at radius 2 is 2.05 bits per heavy atom. The summed E-state index contributed by atoms with van der Waals surface area (Å²) in [6.07, 6.45) is 0.900. The maximum atomic E-state index is 5.37. The first-order valence-corrected chi connectivity index (χ1v) is 7.56. The van der Waals surface area contributed by atoms with Gasteiger partial charge < -0.3 is 14.8 Å². The van der Waals surface area contributed by atoms with Gasteiger partial charge in [-0.3, -0.25) is 4.68 Å². The number of hydrogen-bond donors (Lipinski definition) is 1. The fraction of sp³-hybridized carbons (Fsp3) is 0.400. The molecule has 0 radical (unpaired) electrons. The molecule has 0 unspecified atom stereocenters. The summed E-state index contributed by atoms with van der Waals surface area (Å²) in [7, 11) is 5.25. The highest BCUT2D eigenvalue weighted by Gasteiger charge is 2.13. The first-order chi connectivity index (χ1) is 10.1. The average molecular weight is 354 g/mol. The van der Waals surface area contributed by atoms with Crippen molar-refractivity contribution in [3.8, 4) is 11.5 Å². The number of halogens is 1. The van der Waals surface area contributed by atoms with Crippen LogP contribution in [0, 0.1) is 0 Å². The van der Waals surface area contributed by atoms with Gasteiger partial charge >= 0.3 is 0 Å². The Labute approximate surface area is 133 Å². The van der Waals surface area contributed by atoms with E-state index in [4.69, 9.17) is 9.47 Å². The average Bonchev–Trinajstić information content (AvgIpc) is 2.79. The van der Waals surface area contributed by atoms with Crippen molar-refractivity contribution < 1.29 is 9.47 Å². The van der Waals surface area contributed by atoms with E-state index >= 15 is 0 Å². The van der Waals surface area contributed by atoms with Crippen LogP contribution in [0.3, 0.4) is 0 Å². The summed E-state index contributed by atoms with van der Waals surface area (Å²) in [6, 6.07) is 5.68. The molecule has 1 aromatic carbocycles. The normalized spacial score (nSPS) is 10.5. The van der Waals surface area contributed by atoms with Crippen LogP contribution >= 0.6 is 15.9 Å². The third kappa shape index (κ3) is 3.32. The minimum atomic E-state index is 0.646. The Kier molecular flexibility index (Phi) is 5.12. The number of nitrogens with zero attached hydrogens (tertiary/aromatic N) is 2. The molecular formula is C15H20BrN3O2. The summed E-state index contributed by atoms with van der Waals surface area (Å²) < 4.78 is 13.6. The number of methoxy groups -OCH3 is 2. The van der Waals surface area contributed by atoms with Crippen LogP contribution < -0.4 is 14.8 Å². The van der Waals surface area contributed by atoms with E-state index in [2.05, 4.69) is 33.3 Å². The highest BCUT2D eigenvalue weighted by atomic mass is 79.9. The molecule has 0 saturated heterocycles. The molecule has 0 aliphatic rings. The monoisotopic (exact) mass is 353 g/mol. The summed E-state index contributed by atoms with van der Waals surface area (Å²) in [5.41, 5.74) is 3.05. The van der Waals surface area contributed by atoms with Gasteiger partial charge in [0.2, 0.25) is 0 Å². The zero-order valence-electron chi connectivity index (χ0n) is 12.7. The lowest BCUT2D eigenvalue weighted by atomic mass is 10.2. The number of aromatic nitrogens is 2. The van der Waals surface area contributed by atoms with Crippen molar-refractivity contribution in [1.82, 2.24) is 9.78 Å². The molecule has 0 aliphatic heterocycles. The quantitative estimate of drug-likeness (QED) is 0.864. The van der Waals surface area contributed by atoms with Gasteiger partial charge in [-0.25, -0.2) is 0 Å². The standard InChI is InChI=1S/C15H20BrN3O2/c1-5-11-15(16)13(19(2)18-11)9-17-12-8-10(20-3)6-7-14(12)21-4/h6-8,17H,5,9H2,1-4H3. The van der Waals surface area contributed by atoms with Crippen LogP contribution in [-0.4, -0.2) is 24.0 Å². The number of aryl methyl sites for hydroxylation is 2. The number of hydrogen-bond acceptors (Lipinski definition) is 4. The third-order valence-corrected chi connectivity index (χ3v) is 4.27. The van der Waals surface area contributed by atoms with E-state index in [1.165, 1.54) is 0 Å². The van der Waals surface area contributed by atoms with Gasteiger partial charge in [0.15, 0.2) is 0 Å². The largest absolute Gasteiger partial charge is 0.497 e. The Balaban J connectivity index is 2.21. The van der Waals surface area contributed by atoms with Crippen LogP contribution in [0.2, 0.25) is 0 Å². The minimum Gasteiger partial charge on any atom is -0.497 e. The molecule has 1 heterocycles. The molecule has 0 aliphatic carbocycles. The second kappa shape index (κ2) is 6.85. The first kappa shape index (κ1) is 15.7. The van der Waals surface area contributed by atoms with Crippen LogP contribution in [0.15, 0.2) is 22.7 Å². The van der Waals surface area contributed by atoms with E-state index in [1.54, 1.807) is 14.2 Å². The molecular weight excluding hydrogens is 334 g/mol. The van der Waals surface area contributed by atoms with Gasteiger partial charge in [-0.2, -0.15) is 5.10 Å². The van der Waals surface area contributed by atoms with E-state index in [0.29, 0.717) is 6.54 Å².